The van der Waals surface area contributed by atoms with Crippen molar-refractivity contribution in [1.29, 1.82) is 0 Å². The van der Waals surface area contributed by atoms with Crippen LogP contribution in [0.25, 0.3) is 11.1 Å². The zero-order chi connectivity index (χ0) is 31.2. The number of halogens is 3. The number of nitrogens with one attached hydrogen (secondary N) is 1. The number of nitrogens with zero attached hydrogens (tertiary/aromatic N) is 1. The van der Waals surface area contributed by atoms with Crippen LogP contribution in [-0.2, 0) is 37.1 Å². The number of benzene rings is 3. The van der Waals surface area contributed by atoms with Crippen molar-refractivity contribution in [2.45, 2.75) is 18.0 Å². The second kappa shape index (κ2) is 12.6. The lowest BCUT2D eigenvalue weighted by Crippen LogP contribution is -2.48. The van der Waals surface area contributed by atoms with Gasteiger partial charge >= 0.3 is 24.1 Å². The first-order valence-corrected chi connectivity index (χ1v) is 12.6. The Labute approximate surface area is 242 Å². The van der Waals surface area contributed by atoms with E-state index in [1.165, 1.54) is 60.8 Å². The Morgan fingerprint density at radius 3 is 2.02 bits per heavy atom. The van der Waals surface area contributed by atoms with E-state index < -0.39 is 47.6 Å². The van der Waals surface area contributed by atoms with Crippen LogP contribution in [0.15, 0.2) is 97.3 Å². The van der Waals surface area contributed by atoms with Gasteiger partial charge in [0, 0.05) is 29.2 Å². The molecule has 4 rings (SSSR count). The number of hydrogen-bond acceptors (Lipinski definition) is 6. The van der Waals surface area contributed by atoms with Gasteiger partial charge in [0.1, 0.15) is 6.61 Å². The largest absolute Gasteiger partial charge is 0.480 e. The highest BCUT2D eigenvalue weighted by atomic mass is 19.4. The number of alkyl halides is 3. The normalized spacial score (nSPS) is 11.4. The van der Waals surface area contributed by atoms with Crippen LogP contribution in [-0.4, -0.2) is 45.6 Å². The molecule has 0 fully saturated rings. The molecule has 0 unspecified atom stereocenters. The molecule has 0 aliphatic carbocycles. The Morgan fingerprint density at radius 2 is 1.44 bits per heavy atom. The molecule has 0 spiro atoms. The molecule has 0 saturated heterocycles. The topological polar surface area (TPSA) is 143 Å². The molecular weight excluding hydrogens is 569 g/mol. The molecule has 3 N–H and O–H groups in total. The fraction of sp³-hybridized carbons (Fsp3) is 0.129. The minimum absolute atomic E-state index is 0.164. The third-order valence-electron chi connectivity index (χ3n) is 6.59. The number of aromatic nitrogens is 1. The molecule has 0 atom stereocenters. The molecule has 0 bridgehead atoms. The van der Waals surface area contributed by atoms with Gasteiger partial charge in [0.2, 0.25) is 5.41 Å². The molecule has 43 heavy (non-hydrogen) atoms. The van der Waals surface area contributed by atoms with E-state index in [0.29, 0.717) is 22.4 Å². The van der Waals surface area contributed by atoms with Crippen molar-refractivity contribution in [3.8, 4) is 11.1 Å². The zero-order valence-electron chi connectivity index (χ0n) is 22.2. The van der Waals surface area contributed by atoms with Crippen molar-refractivity contribution in [2.24, 2.45) is 0 Å². The maximum Gasteiger partial charge on any atom is 0.416 e. The number of esters is 1. The Hall–Kier alpha value is -5.52. The number of carboxylic acids is 2. The summed E-state index contributed by atoms with van der Waals surface area (Å²) in [4.78, 5) is 53.1. The Balaban J connectivity index is 1.42. The van der Waals surface area contributed by atoms with Crippen molar-refractivity contribution in [3.63, 3.8) is 0 Å². The molecule has 0 saturated carbocycles. The number of anilines is 1. The Bertz CT molecular complexity index is 1620. The van der Waals surface area contributed by atoms with Gasteiger partial charge in [-0.3, -0.25) is 24.2 Å². The minimum Gasteiger partial charge on any atom is -0.480 e. The molecule has 3 aromatic carbocycles. The molecule has 1 amide bonds. The van der Waals surface area contributed by atoms with E-state index in [2.05, 4.69) is 10.3 Å². The number of pyridine rings is 1. The molecule has 0 aliphatic rings. The van der Waals surface area contributed by atoms with Crippen molar-refractivity contribution < 1.29 is 47.3 Å². The van der Waals surface area contributed by atoms with Gasteiger partial charge in [0.15, 0.2) is 0 Å². The maximum absolute atomic E-state index is 13.0. The zero-order valence-corrected chi connectivity index (χ0v) is 22.2. The predicted molar refractivity (Wildman–Crippen MR) is 147 cm³/mol. The van der Waals surface area contributed by atoms with Gasteiger partial charge in [-0.2, -0.15) is 13.2 Å². The van der Waals surface area contributed by atoms with Gasteiger partial charge in [-0.05, 0) is 53.1 Å². The number of carbonyl (C=O) groups is 4. The molecule has 0 radical (unpaired) electrons. The highest BCUT2D eigenvalue weighted by Gasteiger charge is 2.50. The summed E-state index contributed by atoms with van der Waals surface area (Å²) in [7, 11) is 0. The number of hydrogen-bond donors (Lipinski definition) is 3. The van der Waals surface area contributed by atoms with Gasteiger partial charge in [-0.1, -0.05) is 48.5 Å². The summed E-state index contributed by atoms with van der Waals surface area (Å²) in [5, 5.41) is 22.1. The van der Waals surface area contributed by atoms with E-state index in [0.717, 1.165) is 18.3 Å². The van der Waals surface area contributed by atoms with Crippen molar-refractivity contribution in [3.05, 3.63) is 120 Å². The van der Waals surface area contributed by atoms with Crippen LogP contribution in [0.2, 0.25) is 0 Å². The summed E-state index contributed by atoms with van der Waals surface area (Å²) < 4.78 is 43.9. The average Bonchev–Trinajstić information content (AvgIpc) is 2.98. The lowest BCUT2D eigenvalue weighted by Gasteiger charge is -2.24. The van der Waals surface area contributed by atoms with Gasteiger partial charge < -0.3 is 20.3 Å². The van der Waals surface area contributed by atoms with E-state index in [4.69, 9.17) is 4.74 Å². The summed E-state index contributed by atoms with van der Waals surface area (Å²) in [5.41, 5.74) is -1.65. The third-order valence-corrected chi connectivity index (χ3v) is 6.59. The van der Waals surface area contributed by atoms with Crippen LogP contribution >= 0.6 is 0 Å². The van der Waals surface area contributed by atoms with Gasteiger partial charge in [-0.15, -0.1) is 0 Å². The van der Waals surface area contributed by atoms with Crippen LogP contribution in [0.5, 0.6) is 0 Å². The van der Waals surface area contributed by atoms with E-state index in [9.17, 15) is 42.6 Å². The second-order valence-corrected chi connectivity index (χ2v) is 9.37. The van der Waals surface area contributed by atoms with Crippen molar-refractivity contribution in [2.75, 3.05) is 11.9 Å². The summed E-state index contributed by atoms with van der Waals surface area (Å²) in [6, 6.07) is 19.6. The minimum atomic E-state index is -4.49. The number of carboxylic acid groups (broad SMARTS) is 2. The van der Waals surface area contributed by atoms with E-state index in [-0.39, 0.29) is 17.5 Å². The first-order valence-electron chi connectivity index (χ1n) is 12.6. The molecule has 220 valence electrons. The lowest BCUT2D eigenvalue weighted by atomic mass is 9.82. The number of carbonyl (C=O) groups excluding carboxylic acids is 2. The Kier molecular flexibility index (Phi) is 8.89. The van der Waals surface area contributed by atoms with E-state index in [1.807, 2.05) is 0 Å². The van der Waals surface area contributed by atoms with Crippen LogP contribution < -0.4 is 5.32 Å². The molecular formula is C31H23F3N2O7. The number of aliphatic carboxylic acids is 2. The van der Waals surface area contributed by atoms with Gasteiger partial charge in [-0.25, -0.2) is 0 Å². The number of ether oxygens (including phenoxy) is 1. The number of rotatable bonds is 10. The fourth-order valence-electron chi connectivity index (χ4n) is 4.24. The summed E-state index contributed by atoms with van der Waals surface area (Å²) in [6.45, 7) is -0.964. The molecule has 12 heteroatoms. The van der Waals surface area contributed by atoms with E-state index in [1.54, 1.807) is 18.2 Å². The third kappa shape index (κ3) is 6.87. The molecule has 1 aromatic heterocycles. The standard InChI is InChI=1S/C31H23F3N2O7/c32-31(33,34)21-11-9-20(10-12-21)24-5-1-2-6-25(24)27(38)36-23-13-7-19(8-14-23)16-26(37)43-18-30(28(39)40,29(41)42)22-4-3-15-35-17-22/h1-15,17H,16,18H2,(H,36,38)(H,39,40)(H,41,42). The maximum atomic E-state index is 13.0. The van der Waals surface area contributed by atoms with Crippen LogP contribution in [0.1, 0.15) is 27.0 Å². The van der Waals surface area contributed by atoms with Crippen LogP contribution in [0, 0.1) is 0 Å². The molecule has 9 nitrogen and oxygen atoms in total. The average molecular weight is 593 g/mol. The molecule has 4 aromatic rings. The predicted octanol–water partition coefficient (Wildman–Crippen LogP) is 5.21. The van der Waals surface area contributed by atoms with Crippen LogP contribution in [0.3, 0.4) is 0 Å². The molecule has 1 heterocycles. The molecule has 0 aliphatic heterocycles. The quantitative estimate of drug-likeness (QED) is 0.168. The first-order chi connectivity index (χ1) is 20.4. The second-order valence-electron chi connectivity index (χ2n) is 9.37. The highest BCUT2D eigenvalue weighted by Crippen LogP contribution is 2.32. The van der Waals surface area contributed by atoms with Crippen LogP contribution in [0.4, 0.5) is 18.9 Å². The summed E-state index contributed by atoms with van der Waals surface area (Å²) >= 11 is 0. The SMILES string of the molecule is O=C(Cc1ccc(NC(=O)c2ccccc2-c2ccc(C(F)(F)F)cc2)cc1)OCC(C(=O)O)(C(=O)O)c1cccnc1. The summed E-state index contributed by atoms with van der Waals surface area (Å²) in [6.07, 6.45) is -2.38. The van der Waals surface area contributed by atoms with Gasteiger partial charge in [0.25, 0.3) is 5.91 Å². The van der Waals surface area contributed by atoms with Crippen molar-refractivity contribution in [1.82, 2.24) is 4.98 Å². The number of amides is 1. The smallest absolute Gasteiger partial charge is 0.416 e. The van der Waals surface area contributed by atoms with Gasteiger partial charge in [0.05, 0.1) is 12.0 Å². The van der Waals surface area contributed by atoms with Crippen molar-refractivity contribution >= 4 is 29.5 Å². The first kappa shape index (κ1) is 30.4. The highest BCUT2D eigenvalue weighted by molar-refractivity contribution is 6.08. The van der Waals surface area contributed by atoms with E-state index >= 15 is 0 Å². The monoisotopic (exact) mass is 592 g/mol. The lowest BCUT2D eigenvalue weighted by molar-refractivity contribution is -0.164. The summed E-state index contributed by atoms with van der Waals surface area (Å²) in [5.74, 6) is -4.84. The Morgan fingerprint density at radius 1 is 0.791 bits per heavy atom. The fourth-order valence-corrected chi connectivity index (χ4v) is 4.24.